The van der Waals surface area contributed by atoms with Gasteiger partial charge < -0.3 is 15.3 Å². The maximum atomic E-state index is 12.7. The predicted molar refractivity (Wildman–Crippen MR) is 124 cm³/mol. The van der Waals surface area contributed by atoms with Gasteiger partial charge in [0, 0.05) is 13.1 Å². The minimum absolute atomic E-state index is 0.0823. The van der Waals surface area contributed by atoms with E-state index >= 15 is 0 Å². The quantitative estimate of drug-likeness (QED) is 0.221. The zero-order chi connectivity index (χ0) is 24.6. The van der Waals surface area contributed by atoms with E-state index in [0.717, 1.165) is 34.4 Å². The smallest absolute Gasteiger partial charge is 0.416 e. The van der Waals surface area contributed by atoms with E-state index in [2.05, 4.69) is 10.5 Å². The van der Waals surface area contributed by atoms with Gasteiger partial charge >= 0.3 is 12.1 Å². The lowest BCUT2D eigenvalue weighted by Gasteiger charge is -2.08. The van der Waals surface area contributed by atoms with Gasteiger partial charge in [-0.15, -0.1) is 0 Å². The van der Waals surface area contributed by atoms with Crippen LogP contribution in [0.3, 0.4) is 0 Å². The molecule has 0 fully saturated rings. The Hall–Kier alpha value is -3.65. The van der Waals surface area contributed by atoms with Crippen LogP contribution in [0.4, 0.5) is 13.2 Å². The average Bonchev–Trinajstić information content (AvgIpc) is 2.82. The average molecular weight is 470 g/mol. The second kappa shape index (κ2) is 11.5. The molecule has 0 saturated carbocycles. The Labute approximate surface area is 195 Å². The molecule has 0 atom stereocenters. The van der Waals surface area contributed by atoms with Crippen molar-refractivity contribution in [1.82, 2.24) is 5.32 Å². The van der Waals surface area contributed by atoms with Crippen molar-refractivity contribution < 1.29 is 27.9 Å². The van der Waals surface area contributed by atoms with Crippen molar-refractivity contribution >= 4 is 11.7 Å². The molecule has 0 aromatic heterocycles. The Morgan fingerprint density at radius 1 is 0.912 bits per heavy atom. The number of hydrogen-bond donors (Lipinski definition) is 2. The van der Waals surface area contributed by atoms with Crippen molar-refractivity contribution in [2.24, 2.45) is 5.16 Å². The molecule has 0 aliphatic carbocycles. The molecule has 34 heavy (non-hydrogen) atoms. The summed E-state index contributed by atoms with van der Waals surface area (Å²) in [5, 5.41) is 15.9. The van der Waals surface area contributed by atoms with Gasteiger partial charge in [-0.1, -0.05) is 65.8 Å². The van der Waals surface area contributed by atoms with Gasteiger partial charge in [0.2, 0.25) is 0 Å². The van der Waals surface area contributed by atoms with Gasteiger partial charge in [-0.25, -0.2) is 0 Å². The summed E-state index contributed by atoms with van der Waals surface area (Å²) in [5.74, 6) is -0.829. The lowest BCUT2D eigenvalue weighted by atomic mass is 10.0. The minimum atomic E-state index is -4.35. The van der Waals surface area contributed by atoms with E-state index in [1.807, 2.05) is 55.5 Å². The minimum Gasteiger partial charge on any atom is -0.481 e. The number of nitrogens with zero attached hydrogens (tertiary/aromatic N) is 1. The molecule has 3 aromatic rings. The van der Waals surface area contributed by atoms with E-state index < -0.39 is 17.7 Å². The Morgan fingerprint density at radius 3 is 2.03 bits per heavy atom. The fourth-order valence-corrected chi connectivity index (χ4v) is 3.19. The summed E-state index contributed by atoms with van der Waals surface area (Å²) < 4.78 is 38.1. The molecular formula is C26H25F3N2O3. The number of halogens is 3. The SMILES string of the molecule is C/C(=N/OCc1ccc(-c2ccc(C(F)(F)F)cc2)cc1)c1ccc(CNCCC(=O)O)cc1. The molecule has 8 heteroatoms. The molecule has 3 aromatic carbocycles. The third kappa shape index (κ3) is 7.45. The highest BCUT2D eigenvalue weighted by Gasteiger charge is 2.29. The fourth-order valence-electron chi connectivity index (χ4n) is 3.19. The molecule has 178 valence electrons. The lowest BCUT2D eigenvalue weighted by Crippen LogP contribution is -2.17. The molecule has 0 aliphatic heterocycles. The van der Waals surface area contributed by atoms with Crippen molar-refractivity contribution in [1.29, 1.82) is 0 Å². The molecule has 0 spiro atoms. The highest BCUT2D eigenvalue weighted by atomic mass is 19.4. The Balaban J connectivity index is 1.50. The van der Waals surface area contributed by atoms with Crippen LogP contribution in [0.25, 0.3) is 11.1 Å². The number of carboxylic acids is 1. The van der Waals surface area contributed by atoms with Gasteiger partial charge in [0.05, 0.1) is 17.7 Å². The molecule has 0 unspecified atom stereocenters. The van der Waals surface area contributed by atoms with Crippen LogP contribution in [-0.2, 0) is 29.0 Å². The molecule has 0 radical (unpaired) electrons. The van der Waals surface area contributed by atoms with E-state index in [9.17, 15) is 18.0 Å². The summed E-state index contributed by atoms with van der Waals surface area (Å²) in [6.45, 7) is 3.10. The van der Waals surface area contributed by atoms with Gasteiger partial charge in [0.1, 0.15) is 6.61 Å². The van der Waals surface area contributed by atoms with E-state index in [-0.39, 0.29) is 13.0 Å². The van der Waals surface area contributed by atoms with Crippen LogP contribution in [-0.4, -0.2) is 23.3 Å². The molecule has 5 nitrogen and oxygen atoms in total. The third-order valence-electron chi connectivity index (χ3n) is 5.15. The largest absolute Gasteiger partial charge is 0.481 e. The number of benzene rings is 3. The highest BCUT2D eigenvalue weighted by Crippen LogP contribution is 2.31. The standard InChI is InChI=1S/C26H25F3N2O3/c1-18(21-6-2-19(3-7-21)16-30-15-14-25(32)33)31-34-17-20-4-8-22(9-5-20)23-10-12-24(13-11-23)26(27,28)29/h2-13,30H,14-17H2,1H3,(H,32,33)/b31-18-. The Bertz CT molecular complexity index is 1110. The number of carboxylic acid groups (broad SMARTS) is 1. The van der Waals surface area contributed by atoms with Crippen LogP contribution in [0.1, 0.15) is 35.6 Å². The first-order valence-corrected chi connectivity index (χ1v) is 10.7. The normalized spacial score (nSPS) is 11.9. The molecule has 3 rings (SSSR count). The number of aliphatic carboxylic acids is 1. The number of nitrogens with one attached hydrogen (secondary N) is 1. The maximum absolute atomic E-state index is 12.7. The van der Waals surface area contributed by atoms with Crippen LogP contribution in [0.15, 0.2) is 78.0 Å². The summed E-state index contributed by atoms with van der Waals surface area (Å²) in [6, 6.07) is 20.2. The zero-order valence-electron chi connectivity index (χ0n) is 18.6. The second-order valence-electron chi connectivity index (χ2n) is 7.74. The fraction of sp³-hybridized carbons (Fsp3) is 0.231. The van der Waals surface area contributed by atoms with Crippen molar-refractivity contribution in [3.05, 3.63) is 95.1 Å². The molecule has 2 N–H and O–H groups in total. The first kappa shape index (κ1) is 25.0. The number of carbonyl (C=O) groups is 1. The number of oxime groups is 1. The van der Waals surface area contributed by atoms with Crippen molar-refractivity contribution in [2.75, 3.05) is 6.54 Å². The van der Waals surface area contributed by atoms with Crippen LogP contribution in [0, 0.1) is 0 Å². The van der Waals surface area contributed by atoms with Crippen LogP contribution in [0.5, 0.6) is 0 Å². The Kier molecular flexibility index (Phi) is 8.43. The number of alkyl halides is 3. The predicted octanol–water partition coefficient (Wildman–Crippen LogP) is 5.88. The Morgan fingerprint density at radius 2 is 1.47 bits per heavy atom. The molecule has 0 aliphatic rings. The molecule has 0 amide bonds. The molecule has 0 bridgehead atoms. The van der Waals surface area contributed by atoms with Crippen molar-refractivity contribution in [3.63, 3.8) is 0 Å². The lowest BCUT2D eigenvalue weighted by molar-refractivity contribution is -0.138. The molecule has 0 heterocycles. The summed E-state index contributed by atoms with van der Waals surface area (Å²) in [7, 11) is 0. The molecular weight excluding hydrogens is 445 g/mol. The highest BCUT2D eigenvalue weighted by molar-refractivity contribution is 5.98. The molecule has 0 saturated heterocycles. The number of rotatable bonds is 10. The van der Waals surface area contributed by atoms with E-state index in [1.165, 1.54) is 12.1 Å². The summed E-state index contributed by atoms with van der Waals surface area (Å²) in [5.41, 5.74) is 4.39. The topological polar surface area (TPSA) is 70.9 Å². The third-order valence-corrected chi connectivity index (χ3v) is 5.15. The van der Waals surface area contributed by atoms with E-state index in [0.29, 0.717) is 24.4 Å². The number of hydrogen-bond acceptors (Lipinski definition) is 4. The van der Waals surface area contributed by atoms with Crippen LogP contribution >= 0.6 is 0 Å². The van der Waals surface area contributed by atoms with Crippen LogP contribution < -0.4 is 5.32 Å². The van der Waals surface area contributed by atoms with E-state index in [4.69, 9.17) is 9.94 Å². The van der Waals surface area contributed by atoms with Gasteiger partial charge in [0.15, 0.2) is 0 Å². The van der Waals surface area contributed by atoms with Crippen LogP contribution in [0.2, 0.25) is 0 Å². The van der Waals surface area contributed by atoms with Gasteiger partial charge in [-0.3, -0.25) is 4.79 Å². The van der Waals surface area contributed by atoms with Gasteiger partial charge in [-0.05, 0) is 46.9 Å². The van der Waals surface area contributed by atoms with Gasteiger partial charge in [-0.2, -0.15) is 13.2 Å². The van der Waals surface area contributed by atoms with Crippen molar-refractivity contribution in [3.8, 4) is 11.1 Å². The first-order valence-electron chi connectivity index (χ1n) is 10.7. The van der Waals surface area contributed by atoms with Gasteiger partial charge in [0.25, 0.3) is 0 Å². The summed E-state index contributed by atoms with van der Waals surface area (Å²) >= 11 is 0. The van der Waals surface area contributed by atoms with E-state index in [1.54, 1.807) is 0 Å². The second-order valence-corrected chi connectivity index (χ2v) is 7.74. The summed E-state index contributed by atoms with van der Waals surface area (Å²) in [6.07, 6.45) is -4.26. The zero-order valence-corrected chi connectivity index (χ0v) is 18.6. The first-order chi connectivity index (χ1) is 16.2. The maximum Gasteiger partial charge on any atom is 0.416 e. The summed E-state index contributed by atoms with van der Waals surface area (Å²) in [4.78, 5) is 16.0. The monoisotopic (exact) mass is 470 g/mol. The van der Waals surface area contributed by atoms with Crippen molar-refractivity contribution in [2.45, 2.75) is 32.7 Å².